The number of aromatic nitrogens is 4. The number of benzene rings is 1. The van der Waals surface area contributed by atoms with Crippen molar-refractivity contribution in [2.24, 2.45) is 0 Å². The molecule has 2 aromatic rings. The Morgan fingerprint density at radius 2 is 2.00 bits per heavy atom. The molecule has 0 radical (unpaired) electrons. The van der Waals surface area contributed by atoms with Crippen molar-refractivity contribution in [1.82, 2.24) is 20.2 Å². The summed E-state index contributed by atoms with van der Waals surface area (Å²) < 4.78 is 1.70. The summed E-state index contributed by atoms with van der Waals surface area (Å²) in [5.74, 6) is 0.687. The van der Waals surface area contributed by atoms with Gasteiger partial charge in [-0.1, -0.05) is 36.6 Å². The van der Waals surface area contributed by atoms with Crippen LogP contribution >= 0.6 is 0 Å². The van der Waals surface area contributed by atoms with Gasteiger partial charge in [0.15, 0.2) is 0 Å². The van der Waals surface area contributed by atoms with Gasteiger partial charge in [0.1, 0.15) is 0 Å². The predicted molar refractivity (Wildman–Crippen MR) is 71.2 cm³/mol. The molecule has 0 amide bonds. The molecule has 1 aliphatic rings. The van der Waals surface area contributed by atoms with Gasteiger partial charge in [-0.25, -0.2) is 0 Å². The molecule has 0 aliphatic carbocycles. The second-order valence-electron chi connectivity index (χ2n) is 5.06. The standard InChI is InChI=1S/C13H17N5O/c1-2-8-13(19)9-17(10-13)12-14-15-16-18(12)11-6-4-3-5-7-11/h3-7,19H,2,8-10H2,1H3. The Labute approximate surface area is 111 Å². The summed E-state index contributed by atoms with van der Waals surface area (Å²) in [6.07, 6.45) is 1.80. The second kappa shape index (κ2) is 4.62. The second-order valence-corrected chi connectivity index (χ2v) is 5.06. The van der Waals surface area contributed by atoms with Crippen molar-refractivity contribution in [1.29, 1.82) is 0 Å². The average molecular weight is 259 g/mol. The highest BCUT2D eigenvalue weighted by Crippen LogP contribution is 2.30. The fraction of sp³-hybridized carbons (Fsp3) is 0.462. The van der Waals surface area contributed by atoms with Crippen LogP contribution in [0, 0.1) is 0 Å². The summed E-state index contributed by atoms with van der Waals surface area (Å²) in [7, 11) is 0. The van der Waals surface area contributed by atoms with Gasteiger partial charge in [-0.05, 0) is 29.0 Å². The summed E-state index contributed by atoms with van der Waals surface area (Å²) in [5.41, 5.74) is 0.343. The van der Waals surface area contributed by atoms with E-state index in [0.717, 1.165) is 18.5 Å². The van der Waals surface area contributed by atoms with Crippen LogP contribution in [0.15, 0.2) is 30.3 Å². The molecule has 2 heterocycles. The summed E-state index contributed by atoms with van der Waals surface area (Å²) in [5, 5.41) is 22.0. The molecule has 1 saturated heterocycles. The maximum Gasteiger partial charge on any atom is 0.250 e. The molecule has 0 atom stereocenters. The van der Waals surface area contributed by atoms with Crippen LogP contribution in [0.2, 0.25) is 0 Å². The SMILES string of the molecule is CCCC1(O)CN(c2nnnn2-c2ccccc2)C1. The molecule has 0 unspecified atom stereocenters. The van der Waals surface area contributed by atoms with Gasteiger partial charge >= 0.3 is 0 Å². The number of para-hydroxylation sites is 1. The number of rotatable bonds is 4. The van der Waals surface area contributed by atoms with Gasteiger partial charge in [0.25, 0.3) is 5.95 Å². The van der Waals surface area contributed by atoms with Gasteiger partial charge in [0.05, 0.1) is 24.4 Å². The zero-order valence-electron chi connectivity index (χ0n) is 10.9. The van der Waals surface area contributed by atoms with Gasteiger partial charge in [-0.3, -0.25) is 0 Å². The van der Waals surface area contributed by atoms with E-state index in [-0.39, 0.29) is 0 Å². The first-order valence-corrected chi connectivity index (χ1v) is 6.53. The Morgan fingerprint density at radius 1 is 1.26 bits per heavy atom. The average Bonchev–Trinajstić information content (AvgIpc) is 2.86. The van der Waals surface area contributed by atoms with Crippen LogP contribution < -0.4 is 4.90 Å². The number of aliphatic hydroxyl groups is 1. The highest BCUT2D eigenvalue weighted by atomic mass is 16.3. The Bertz CT molecular complexity index is 547. The zero-order chi connectivity index (χ0) is 13.3. The van der Waals surface area contributed by atoms with Gasteiger partial charge in [0.2, 0.25) is 0 Å². The molecule has 1 aliphatic heterocycles. The quantitative estimate of drug-likeness (QED) is 0.887. The lowest BCUT2D eigenvalue weighted by atomic mass is 9.90. The molecule has 1 N–H and O–H groups in total. The maximum absolute atomic E-state index is 10.2. The van der Waals surface area contributed by atoms with E-state index in [9.17, 15) is 5.11 Å². The first-order valence-electron chi connectivity index (χ1n) is 6.53. The van der Waals surface area contributed by atoms with Crippen molar-refractivity contribution in [3.63, 3.8) is 0 Å². The minimum absolute atomic E-state index is 0.581. The van der Waals surface area contributed by atoms with E-state index >= 15 is 0 Å². The van der Waals surface area contributed by atoms with E-state index in [1.807, 2.05) is 35.2 Å². The van der Waals surface area contributed by atoms with E-state index in [1.54, 1.807) is 4.68 Å². The predicted octanol–water partition coefficient (Wildman–Crippen LogP) is 1.01. The number of nitrogens with zero attached hydrogens (tertiary/aromatic N) is 5. The van der Waals surface area contributed by atoms with Crippen LogP contribution in [0.4, 0.5) is 5.95 Å². The summed E-state index contributed by atoms with van der Waals surface area (Å²) in [6.45, 7) is 3.26. The van der Waals surface area contributed by atoms with Crippen LogP contribution in [0.1, 0.15) is 19.8 Å². The molecule has 100 valence electrons. The van der Waals surface area contributed by atoms with Gasteiger partial charge < -0.3 is 10.0 Å². The molecule has 6 heteroatoms. The van der Waals surface area contributed by atoms with Crippen molar-refractivity contribution >= 4 is 5.95 Å². The van der Waals surface area contributed by atoms with E-state index in [0.29, 0.717) is 19.0 Å². The smallest absolute Gasteiger partial charge is 0.250 e. The lowest BCUT2D eigenvalue weighted by molar-refractivity contribution is 0.00223. The first kappa shape index (κ1) is 12.1. The van der Waals surface area contributed by atoms with E-state index in [4.69, 9.17) is 0 Å². The largest absolute Gasteiger partial charge is 0.386 e. The molecule has 0 spiro atoms. The number of hydrogen-bond acceptors (Lipinski definition) is 5. The first-order chi connectivity index (χ1) is 9.22. The van der Waals surface area contributed by atoms with Gasteiger partial charge in [-0.15, -0.1) is 0 Å². The van der Waals surface area contributed by atoms with Crippen LogP contribution in [0.3, 0.4) is 0 Å². The number of β-amino-alcohol motifs (C(OH)–C–C–N with tert-alkyl or cyclic N) is 1. The number of anilines is 1. The van der Waals surface area contributed by atoms with Crippen molar-refractivity contribution in [3.8, 4) is 5.69 Å². The van der Waals surface area contributed by atoms with Crippen molar-refractivity contribution in [2.75, 3.05) is 18.0 Å². The Morgan fingerprint density at radius 3 is 2.68 bits per heavy atom. The Hall–Kier alpha value is -1.95. The van der Waals surface area contributed by atoms with E-state index in [2.05, 4.69) is 22.4 Å². The number of tetrazole rings is 1. The highest BCUT2D eigenvalue weighted by Gasteiger charge is 2.42. The molecular formula is C13H17N5O. The fourth-order valence-electron chi connectivity index (χ4n) is 2.54. The topological polar surface area (TPSA) is 67.1 Å². The summed E-state index contributed by atoms with van der Waals surface area (Å²) in [6, 6.07) is 9.77. The molecule has 0 bridgehead atoms. The summed E-state index contributed by atoms with van der Waals surface area (Å²) >= 11 is 0. The third-order valence-electron chi connectivity index (χ3n) is 3.42. The Kier molecular flexibility index (Phi) is 2.94. The van der Waals surface area contributed by atoms with Crippen molar-refractivity contribution < 1.29 is 5.11 Å². The van der Waals surface area contributed by atoms with Crippen LogP contribution in [-0.4, -0.2) is 44.0 Å². The molecular weight excluding hydrogens is 242 g/mol. The minimum atomic E-state index is -0.581. The third kappa shape index (κ3) is 2.19. The van der Waals surface area contributed by atoms with E-state index in [1.165, 1.54) is 0 Å². The van der Waals surface area contributed by atoms with Gasteiger partial charge in [0, 0.05) is 0 Å². The summed E-state index contributed by atoms with van der Waals surface area (Å²) in [4.78, 5) is 2.00. The lowest BCUT2D eigenvalue weighted by Crippen LogP contribution is -2.62. The molecule has 19 heavy (non-hydrogen) atoms. The molecule has 1 fully saturated rings. The molecule has 1 aromatic carbocycles. The number of hydrogen-bond donors (Lipinski definition) is 1. The van der Waals surface area contributed by atoms with Crippen LogP contribution in [0.5, 0.6) is 0 Å². The van der Waals surface area contributed by atoms with E-state index < -0.39 is 5.60 Å². The zero-order valence-corrected chi connectivity index (χ0v) is 10.9. The normalized spacial score (nSPS) is 17.3. The molecule has 6 nitrogen and oxygen atoms in total. The maximum atomic E-state index is 10.2. The lowest BCUT2D eigenvalue weighted by Gasteiger charge is -2.46. The van der Waals surface area contributed by atoms with Crippen LogP contribution in [0.25, 0.3) is 5.69 Å². The fourth-order valence-corrected chi connectivity index (χ4v) is 2.54. The Balaban J connectivity index is 1.80. The third-order valence-corrected chi connectivity index (χ3v) is 3.42. The molecule has 1 aromatic heterocycles. The molecule has 0 saturated carbocycles. The van der Waals surface area contributed by atoms with Gasteiger partial charge in [-0.2, -0.15) is 4.68 Å². The van der Waals surface area contributed by atoms with Crippen LogP contribution in [-0.2, 0) is 0 Å². The monoisotopic (exact) mass is 259 g/mol. The minimum Gasteiger partial charge on any atom is -0.386 e. The highest BCUT2D eigenvalue weighted by molar-refractivity contribution is 5.44. The van der Waals surface area contributed by atoms with Crippen molar-refractivity contribution in [2.45, 2.75) is 25.4 Å². The molecule has 3 rings (SSSR count). The van der Waals surface area contributed by atoms with Crippen molar-refractivity contribution in [3.05, 3.63) is 30.3 Å².